The van der Waals surface area contributed by atoms with Crippen LogP contribution in [-0.4, -0.2) is 0 Å². The number of aryl methyl sites for hydroxylation is 1. The van der Waals surface area contributed by atoms with E-state index in [0.29, 0.717) is 5.56 Å². The van der Waals surface area contributed by atoms with Crippen LogP contribution in [-0.2, 0) is 0 Å². The number of rotatable bonds is 0. The third kappa shape index (κ3) is 1.46. The maximum absolute atomic E-state index is 13.3. The molecule has 2 rings (SSSR count). The number of fused-ring (bicyclic) bond motifs is 1. The molecule has 0 aromatic heterocycles. The maximum atomic E-state index is 13.3. The number of hydrogen-bond donors (Lipinski definition) is 0. The van der Waals surface area contributed by atoms with Crippen LogP contribution in [0.1, 0.15) is 5.56 Å². The Labute approximate surface area is 83.1 Å². The van der Waals surface area contributed by atoms with E-state index in [4.69, 9.17) is 0 Å². The number of benzene rings is 2. The van der Waals surface area contributed by atoms with E-state index in [1.165, 1.54) is 6.07 Å². The molecule has 4 heteroatoms. The lowest BCUT2D eigenvalue weighted by molar-refractivity contribution is 0.451. The average molecular weight is 214 g/mol. The van der Waals surface area contributed by atoms with E-state index in [1.54, 1.807) is 6.92 Å². The van der Waals surface area contributed by atoms with Crippen molar-refractivity contribution in [2.75, 3.05) is 0 Å². The van der Waals surface area contributed by atoms with Gasteiger partial charge in [0.25, 0.3) is 0 Å². The summed E-state index contributed by atoms with van der Waals surface area (Å²) in [4.78, 5) is 0. The van der Waals surface area contributed by atoms with Gasteiger partial charge in [0.15, 0.2) is 17.5 Å². The summed E-state index contributed by atoms with van der Waals surface area (Å²) in [7, 11) is 0. The zero-order valence-electron chi connectivity index (χ0n) is 7.74. The van der Waals surface area contributed by atoms with E-state index in [0.717, 1.165) is 12.1 Å². The molecule has 0 aliphatic carbocycles. The molecule has 0 heterocycles. The molecule has 15 heavy (non-hydrogen) atoms. The molecule has 0 unspecified atom stereocenters. The van der Waals surface area contributed by atoms with Crippen LogP contribution < -0.4 is 0 Å². The molecule has 0 bridgehead atoms. The first-order valence-corrected chi connectivity index (χ1v) is 4.24. The Bertz CT molecular complexity index is 546. The fraction of sp³-hybridized carbons (Fsp3) is 0.0909. The normalized spacial score (nSPS) is 11.0. The van der Waals surface area contributed by atoms with Crippen molar-refractivity contribution in [2.24, 2.45) is 0 Å². The molecule has 0 aliphatic heterocycles. The van der Waals surface area contributed by atoms with Crippen LogP contribution in [0.15, 0.2) is 18.2 Å². The molecule has 0 atom stereocenters. The van der Waals surface area contributed by atoms with Gasteiger partial charge in [0.1, 0.15) is 5.82 Å². The van der Waals surface area contributed by atoms with Crippen molar-refractivity contribution in [3.8, 4) is 0 Å². The third-order valence-electron chi connectivity index (χ3n) is 2.17. The van der Waals surface area contributed by atoms with Crippen LogP contribution in [0.4, 0.5) is 17.6 Å². The van der Waals surface area contributed by atoms with Crippen LogP contribution in [0.3, 0.4) is 0 Å². The van der Waals surface area contributed by atoms with Crippen molar-refractivity contribution in [3.63, 3.8) is 0 Å². The molecule has 2 aromatic rings. The summed E-state index contributed by atoms with van der Waals surface area (Å²) in [6.07, 6.45) is 0. The Kier molecular flexibility index (Phi) is 2.14. The molecule has 78 valence electrons. The van der Waals surface area contributed by atoms with Gasteiger partial charge in [-0.15, -0.1) is 0 Å². The summed E-state index contributed by atoms with van der Waals surface area (Å²) >= 11 is 0. The molecule has 0 aliphatic rings. The standard InChI is InChI=1S/C11H6F4/c1-5-2-6-4-8(13)10(14)11(15)9(6)7(12)3-5/h2-4H,1H3. The zero-order chi connectivity index (χ0) is 11.2. The minimum atomic E-state index is -1.65. The van der Waals surface area contributed by atoms with Gasteiger partial charge in [-0.2, -0.15) is 0 Å². The van der Waals surface area contributed by atoms with Crippen LogP contribution >= 0.6 is 0 Å². The van der Waals surface area contributed by atoms with E-state index in [2.05, 4.69) is 0 Å². The van der Waals surface area contributed by atoms with Gasteiger partial charge in [0.2, 0.25) is 0 Å². The highest BCUT2D eigenvalue weighted by molar-refractivity contribution is 5.84. The van der Waals surface area contributed by atoms with Crippen molar-refractivity contribution < 1.29 is 17.6 Å². The summed E-state index contributed by atoms with van der Waals surface area (Å²) in [6.45, 7) is 1.59. The van der Waals surface area contributed by atoms with Gasteiger partial charge >= 0.3 is 0 Å². The number of hydrogen-bond acceptors (Lipinski definition) is 0. The fourth-order valence-corrected chi connectivity index (χ4v) is 1.53. The monoisotopic (exact) mass is 214 g/mol. The van der Waals surface area contributed by atoms with Crippen molar-refractivity contribution >= 4 is 10.8 Å². The summed E-state index contributed by atoms with van der Waals surface area (Å²) in [5, 5.41) is -0.497. The summed E-state index contributed by atoms with van der Waals surface area (Å²) in [5.74, 6) is -5.33. The van der Waals surface area contributed by atoms with E-state index < -0.39 is 28.7 Å². The molecule has 0 nitrogen and oxygen atoms in total. The second-order valence-electron chi connectivity index (χ2n) is 3.33. The lowest BCUT2D eigenvalue weighted by Crippen LogP contribution is -1.95. The van der Waals surface area contributed by atoms with E-state index in [1.807, 2.05) is 0 Å². The Morgan fingerprint density at radius 1 is 0.800 bits per heavy atom. The Hall–Kier alpha value is -1.58. The Balaban J connectivity index is 2.99. The molecule has 0 amide bonds. The Morgan fingerprint density at radius 3 is 2.13 bits per heavy atom. The molecular weight excluding hydrogens is 208 g/mol. The fourth-order valence-electron chi connectivity index (χ4n) is 1.53. The molecular formula is C11H6F4. The van der Waals surface area contributed by atoms with Gasteiger partial charge in [-0.05, 0) is 30.0 Å². The van der Waals surface area contributed by atoms with Crippen molar-refractivity contribution in [3.05, 3.63) is 47.0 Å². The van der Waals surface area contributed by atoms with Crippen LogP contribution in [0.5, 0.6) is 0 Å². The van der Waals surface area contributed by atoms with E-state index in [9.17, 15) is 17.6 Å². The molecule has 0 radical (unpaired) electrons. The predicted octanol–water partition coefficient (Wildman–Crippen LogP) is 3.70. The van der Waals surface area contributed by atoms with Gasteiger partial charge < -0.3 is 0 Å². The molecule has 2 aromatic carbocycles. The first-order chi connectivity index (χ1) is 7.00. The smallest absolute Gasteiger partial charge is 0.195 e. The van der Waals surface area contributed by atoms with E-state index in [-0.39, 0.29) is 5.39 Å². The Morgan fingerprint density at radius 2 is 1.47 bits per heavy atom. The minimum Gasteiger partial charge on any atom is -0.206 e. The highest BCUT2D eigenvalue weighted by Crippen LogP contribution is 2.26. The SMILES string of the molecule is Cc1cc(F)c2c(F)c(F)c(F)cc2c1. The first kappa shape index (κ1) is 9.96. The average Bonchev–Trinajstić information content (AvgIpc) is 2.13. The maximum Gasteiger partial charge on any atom is 0.195 e. The van der Waals surface area contributed by atoms with E-state index >= 15 is 0 Å². The molecule has 0 spiro atoms. The summed E-state index contributed by atoms with van der Waals surface area (Å²) in [6, 6.07) is 3.25. The van der Waals surface area contributed by atoms with Gasteiger partial charge in [0.05, 0.1) is 5.39 Å². The van der Waals surface area contributed by atoms with Gasteiger partial charge in [0, 0.05) is 0 Å². The first-order valence-electron chi connectivity index (χ1n) is 4.24. The summed E-state index contributed by atoms with van der Waals surface area (Å²) in [5.41, 5.74) is 0.519. The summed E-state index contributed by atoms with van der Waals surface area (Å²) < 4.78 is 52.1. The van der Waals surface area contributed by atoms with Gasteiger partial charge in [-0.25, -0.2) is 17.6 Å². The quantitative estimate of drug-likeness (QED) is 0.463. The highest BCUT2D eigenvalue weighted by Gasteiger charge is 2.16. The van der Waals surface area contributed by atoms with Crippen molar-refractivity contribution in [2.45, 2.75) is 6.92 Å². The minimum absolute atomic E-state index is 0.0175. The van der Waals surface area contributed by atoms with Crippen molar-refractivity contribution in [1.29, 1.82) is 0 Å². The van der Waals surface area contributed by atoms with Crippen LogP contribution in [0.2, 0.25) is 0 Å². The molecule has 0 fully saturated rings. The highest BCUT2D eigenvalue weighted by atomic mass is 19.2. The van der Waals surface area contributed by atoms with Gasteiger partial charge in [-0.3, -0.25) is 0 Å². The molecule has 0 N–H and O–H groups in total. The second-order valence-corrected chi connectivity index (χ2v) is 3.33. The van der Waals surface area contributed by atoms with Crippen LogP contribution in [0, 0.1) is 30.2 Å². The van der Waals surface area contributed by atoms with Gasteiger partial charge in [-0.1, -0.05) is 6.07 Å². The molecule has 0 saturated heterocycles. The third-order valence-corrected chi connectivity index (χ3v) is 2.17. The molecule has 0 saturated carbocycles. The van der Waals surface area contributed by atoms with Crippen LogP contribution in [0.25, 0.3) is 10.8 Å². The van der Waals surface area contributed by atoms with Crippen molar-refractivity contribution in [1.82, 2.24) is 0 Å². The largest absolute Gasteiger partial charge is 0.206 e. The lowest BCUT2D eigenvalue weighted by atomic mass is 10.1. The topological polar surface area (TPSA) is 0 Å². The second kappa shape index (κ2) is 3.22. The predicted molar refractivity (Wildman–Crippen MR) is 48.5 cm³/mol. The zero-order valence-corrected chi connectivity index (χ0v) is 7.74. The number of halogens is 4. The lowest BCUT2D eigenvalue weighted by Gasteiger charge is -2.04.